The van der Waals surface area contributed by atoms with E-state index in [4.69, 9.17) is 11.6 Å². The topological polar surface area (TPSA) is 84.0 Å². The highest BCUT2D eigenvalue weighted by Crippen LogP contribution is 2.32. The molecular weight excluding hydrogens is 416 g/mol. The molecule has 144 valence electrons. The second-order valence-electron chi connectivity index (χ2n) is 5.89. The van der Waals surface area contributed by atoms with Gasteiger partial charge in [-0.05, 0) is 49.4 Å². The summed E-state index contributed by atoms with van der Waals surface area (Å²) < 4.78 is 0.690. The van der Waals surface area contributed by atoms with Crippen LogP contribution in [0.1, 0.15) is 24.2 Å². The van der Waals surface area contributed by atoms with Gasteiger partial charge in [0.15, 0.2) is 10.1 Å². The molecule has 0 saturated carbocycles. The van der Waals surface area contributed by atoms with Crippen molar-refractivity contribution in [2.75, 3.05) is 10.6 Å². The Bertz CT molecular complexity index is 992. The monoisotopic (exact) mass is 432 g/mol. The van der Waals surface area contributed by atoms with E-state index in [1.54, 1.807) is 30.3 Å². The van der Waals surface area contributed by atoms with Crippen LogP contribution < -0.4 is 10.6 Å². The van der Waals surface area contributed by atoms with Gasteiger partial charge in [-0.15, -0.1) is 10.2 Å². The molecule has 1 atom stereocenters. The number of hydrogen-bond acceptors (Lipinski definition) is 7. The summed E-state index contributed by atoms with van der Waals surface area (Å²) in [6.45, 7) is 3.30. The third-order valence-electron chi connectivity index (χ3n) is 3.62. The second kappa shape index (κ2) is 9.18. The summed E-state index contributed by atoms with van der Waals surface area (Å²) in [5.74, 6) is -0.125. The van der Waals surface area contributed by atoms with Crippen molar-refractivity contribution in [3.63, 3.8) is 0 Å². The van der Waals surface area contributed by atoms with Crippen molar-refractivity contribution >= 4 is 62.9 Å². The van der Waals surface area contributed by atoms with E-state index in [0.717, 1.165) is 5.69 Å². The molecule has 1 unspecified atom stereocenters. The fraction of sp³-hybridized carbons (Fsp3) is 0.158. The predicted molar refractivity (Wildman–Crippen MR) is 115 cm³/mol. The molecule has 2 aromatic carbocycles. The van der Waals surface area contributed by atoms with E-state index in [9.17, 15) is 9.59 Å². The van der Waals surface area contributed by atoms with Gasteiger partial charge in [0.25, 0.3) is 0 Å². The summed E-state index contributed by atoms with van der Waals surface area (Å²) in [5.41, 5.74) is 2.09. The van der Waals surface area contributed by atoms with Crippen LogP contribution in [0.15, 0.2) is 52.9 Å². The molecule has 1 heterocycles. The average molecular weight is 433 g/mol. The molecule has 0 saturated heterocycles. The lowest BCUT2D eigenvalue weighted by Crippen LogP contribution is -2.13. The van der Waals surface area contributed by atoms with E-state index in [1.165, 1.54) is 30.0 Å². The first-order valence-corrected chi connectivity index (χ1v) is 10.4. The highest BCUT2D eigenvalue weighted by molar-refractivity contribution is 8.02. The minimum absolute atomic E-state index is 0.00869. The molecule has 1 aromatic heterocycles. The zero-order valence-corrected chi connectivity index (χ0v) is 17.5. The molecule has 2 N–H and O–H groups in total. The summed E-state index contributed by atoms with van der Waals surface area (Å²) in [6, 6.07) is 14.2. The zero-order valence-electron chi connectivity index (χ0n) is 15.1. The van der Waals surface area contributed by atoms with Crippen LogP contribution in [-0.4, -0.2) is 27.1 Å². The van der Waals surface area contributed by atoms with Crippen molar-refractivity contribution in [2.45, 2.75) is 23.4 Å². The van der Waals surface area contributed by atoms with E-state index in [2.05, 4.69) is 20.8 Å². The number of halogens is 1. The molecule has 0 bridgehead atoms. The third-order valence-corrected chi connectivity index (χ3v) is 5.89. The number of benzene rings is 2. The van der Waals surface area contributed by atoms with Crippen molar-refractivity contribution in [1.82, 2.24) is 10.2 Å². The predicted octanol–water partition coefficient (Wildman–Crippen LogP) is 5.26. The Morgan fingerprint density at radius 2 is 1.82 bits per heavy atom. The van der Waals surface area contributed by atoms with Crippen molar-refractivity contribution in [3.8, 4) is 0 Å². The minimum atomic E-state index is -0.301. The fourth-order valence-electron chi connectivity index (χ4n) is 2.36. The summed E-state index contributed by atoms with van der Waals surface area (Å²) >= 11 is 8.59. The SMILES string of the molecule is CC(=O)Nc1cccc(Nc2nnc(SC(C)C(=O)c3ccc(Cl)cc3)s2)c1. The Morgan fingerprint density at radius 3 is 2.54 bits per heavy atom. The van der Waals surface area contributed by atoms with Crippen LogP contribution in [0.5, 0.6) is 0 Å². The number of carbonyl (C=O) groups is 2. The molecule has 0 spiro atoms. The lowest BCUT2D eigenvalue weighted by Gasteiger charge is -2.08. The van der Waals surface area contributed by atoms with Crippen LogP contribution in [0.4, 0.5) is 16.5 Å². The lowest BCUT2D eigenvalue weighted by molar-refractivity contribution is -0.114. The number of nitrogens with one attached hydrogen (secondary N) is 2. The minimum Gasteiger partial charge on any atom is -0.330 e. The van der Waals surface area contributed by atoms with Gasteiger partial charge >= 0.3 is 0 Å². The van der Waals surface area contributed by atoms with Gasteiger partial charge in [-0.25, -0.2) is 0 Å². The maximum absolute atomic E-state index is 12.5. The first-order valence-electron chi connectivity index (χ1n) is 8.35. The van der Waals surface area contributed by atoms with Gasteiger partial charge < -0.3 is 10.6 Å². The van der Waals surface area contributed by atoms with Gasteiger partial charge in [-0.3, -0.25) is 9.59 Å². The van der Waals surface area contributed by atoms with Gasteiger partial charge in [-0.2, -0.15) is 0 Å². The third kappa shape index (κ3) is 5.54. The fourth-order valence-corrected chi connectivity index (χ4v) is 4.48. The zero-order chi connectivity index (χ0) is 20.1. The standard InChI is InChI=1S/C19H17ClN4O2S2/c1-11(17(26)13-6-8-14(20)9-7-13)27-19-24-23-18(28-19)22-16-5-3-4-15(10-16)21-12(2)25/h3-11H,1-2H3,(H,21,25)(H,22,23). The smallest absolute Gasteiger partial charge is 0.221 e. The van der Waals surface area contributed by atoms with Crippen molar-refractivity contribution in [1.29, 1.82) is 0 Å². The largest absolute Gasteiger partial charge is 0.330 e. The van der Waals surface area contributed by atoms with Gasteiger partial charge in [0, 0.05) is 28.9 Å². The number of anilines is 3. The molecular formula is C19H17ClN4O2S2. The summed E-state index contributed by atoms with van der Waals surface area (Å²) in [4.78, 5) is 23.7. The highest BCUT2D eigenvalue weighted by Gasteiger charge is 2.19. The lowest BCUT2D eigenvalue weighted by atomic mass is 10.1. The quantitative estimate of drug-likeness (QED) is 0.391. The van der Waals surface area contributed by atoms with E-state index >= 15 is 0 Å². The molecule has 0 fully saturated rings. The number of Topliss-reactive ketones (excluding diaryl/α,β-unsaturated/α-hetero) is 1. The van der Waals surface area contributed by atoms with Crippen molar-refractivity contribution < 1.29 is 9.59 Å². The number of hydrogen-bond donors (Lipinski definition) is 2. The van der Waals surface area contributed by atoms with Gasteiger partial charge in [0.05, 0.1) is 5.25 Å². The Morgan fingerprint density at radius 1 is 1.11 bits per heavy atom. The van der Waals surface area contributed by atoms with E-state index < -0.39 is 0 Å². The van der Waals surface area contributed by atoms with Crippen LogP contribution in [0.3, 0.4) is 0 Å². The van der Waals surface area contributed by atoms with E-state index in [-0.39, 0.29) is 16.9 Å². The van der Waals surface area contributed by atoms with Crippen LogP contribution in [0.2, 0.25) is 5.02 Å². The van der Waals surface area contributed by atoms with Crippen LogP contribution >= 0.6 is 34.7 Å². The van der Waals surface area contributed by atoms with Crippen LogP contribution in [0.25, 0.3) is 0 Å². The molecule has 9 heteroatoms. The number of amides is 1. The molecule has 0 aliphatic rings. The summed E-state index contributed by atoms with van der Waals surface area (Å²) in [5, 5.41) is 15.1. The second-order valence-corrected chi connectivity index (χ2v) is 8.89. The number of nitrogens with zero attached hydrogens (tertiary/aromatic N) is 2. The summed E-state index contributed by atoms with van der Waals surface area (Å²) in [7, 11) is 0. The highest BCUT2D eigenvalue weighted by atomic mass is 35.5. The molecule has 0 radical (unpaired) electrons. The molecule has 6 nitrogen and oxygen atoms in total. The number of rotatable bonds is 7. The first kappa shape index (κ1) is 20.3. The maximum atomic E-state index is 12.5. The average Bonchev–Trinajstić information content (AvgIpc) is 3.08. The number of carbonyl (C=O) groups excluding carboxylic acids is 2. The Labute approximate surface area is 175 Å². The van der Waals surface area contributed by atoms with Crippen LogP contribution in [0, 0.1) is 0 Å². The number of thioether (sulfide) groups is 1. The maximum Gasteiger partial charge on any atom is 0.221 e. The molecule has 1 amide bonds. The molecule has 3 rings (SSSR count). The molecule has 28 heavy (non-hydrogen) atoms. The Kier molecular flexibility index (Phi) is 6.66. The van der Waals surface area contributed by atoms with Gasteiger partial charge in [0.1, 0.15) is 0 Å². The summed E-state index contributed by atoms with van der Waals surface area (Å²) in [6.07, 6.45) is 0. The van der Waals surface area contributed by atoms with E-state index in [0.29, 0.717) is 25.7 Å². The number of ketones is 1. The van der Waals surface area contributed by atoms with Crippen molar-refractivity contribution in [3.05, 3.63) is 59.1 Å². The van der Waals surface area contributed by atoms with Gasteiger partial charge in [0.2, 0.25) is 11.0 Å². The normalized spacial score (nSPS) is 11.7. The molecule has 0 aliphatic heterocycles. The first-order chi connectivity index (χ1) is 13.4. The Balaban J connectivity index is 1.63. The van der Waals surface area contributed by atoms with Gasteiger partial charge in [-0.1, -0.05) is 40.8 Å². The Hall–Kier alpha value is -2.42. The van der Waals surface area contributed by atoms with Crippen molar-refractivity contribution in [2.24, 2.45) is 0 Å². The molecule has 3 aromatic rings. The van der Waals surface area contributed by atoms with Crippen LogP contribution in [-0.2, 0) is 4.79 Å². The molecule has 0 aliphatic carbocycles. The van der Waals surface area contributed by atoms with E-state index in [1.807, 2.05) is 25.1 Å². The number of aromatic nitrogens is 2.